The summed E-state index contributed by atoms with van der Waals surface area (Å²) in [6.45, 7) is 0. The molecule has 0 fully saturated rings. The van der Waals surface area contributed by atoms with E-state index < -0.39 is 0 Å². The van der Waals surface area contributed by atoms with Crippen molar-refractivity contribution < 1.29 is 0 Å². The van der Waals surface area contributed by atoms with Gasteiger partial charge in [-0.15, -0.1) is 11.3 Å². The molecule has 2 heterocycles. The maximum absolute atomic E-state index is 5.19. The average molecular weight is 638 g/mol. The quantitative estimate of drug-likeness (QED) is 0.136. The number of fused-ring (bicyclic) bond motifs is 13. The predicted molar refractivity (Wildman–Crippen MR) is 213 cm³/mol. The van der Waals surface area contributed by atoms with E-state index in [4.69, 9.17) is 4.98 Å². The number of nitrogens with zero attached hydrogens (tertiary/aromatic N) is 1. The number of rotatable bonds is 2. The van der Waals surface area contributed by atoms with E-state index in [0.717, 1.165) is 16.6 Å². The number of hydrogen-bond acceptors (Lipinski definition) is 2. The van der Waals surface area contributed by atoms with Gasteiger partial charge in [-0.25, -0.2) is 4.98 Å². The van der Waals surface area contributed by atoms with Gasteiger partial charge in [0.15, 0.2) is 0 Å². The SMILES string of the molecule is c1ccc2nc(-c3c4ccccc4c(-c4ccc5sc6ccc7c8ccccc8c8ccccc8c7c6c5c4)c4ccccc34)ccc2c1. The van der Waals surface area contributed by atoms with Gasteiger partial charge in [0.2, 0.25) is 0 Å². The Morgan fingerprint density at radius 3 is 1.57 bits per heavy atom. The molecule has 0 unspecified atom stereocenters. The molecule has 0 saturated carbocycles. The second kappa shape index (κ2) is 10.2. The highest BCUT2D eigenvalue weighted by molar-refractivity contribution is 7.26. The van der Waals surface area contributed by atoms with Crippen LogP contribution in [0, 0.1) is 0 Å². The minimum atomic E-state index is 1.00. The van der Waals surface area contributed by atoms with Crippen molar-refractivity contribution in [2.75, 3.05) is 0 Å². The third kappa shape index (κ3) is 3.84. The van der Waals surface area contributed by atoms with Gasteiger partial charge in [0.05, 0.1) is 11.2 Å². The van der Waals surface area contributed by atoms with Crippen molar-refractivity contribution in [1.82, 2.24) is 4.98 Å². The molecule has 0 aliphatic carbocycles. The van der Waals surface area contributed by atoms with Crippen molar-refractivity contribution in [3.8, 4) is 22.4 Å². The molecule has 0 amide bonds. The maximum atomic E-state index is 5.19. The molecule has 1 nitrogen and oxygen atoms in total. The summed E-state index contributed by atoms with van der Waals surface area (Å²) in [5.74, 6) is 0. The van der Waals surface area contributed by atoms with Gasteiger partial charge in [0, 0.05) is 31.1 Å². The summed E-state index contributed by atoms with van der Waals surface area (Å²) >= 11 is 1.89. The molecule has 0 aliphatic heterocycles. The van der Waals surface area contributed by atoms with Crippen molar-refractivity contribution in [2.45, 2.75) is 0 Å². The van der Waals surface area contributed by atoms with Gasteiger partial charge in [-0.2, -0.15) is 0 Å². The average Bonchev–Trinajstić information content (AvgIpc) is 3.55. The Balaban J connectivity index is 1.25. The van der Waals surface area contributed by atoms with Gasteiger partial charge in [0.25, 0.3) is 0 Å². The van der Waals surface area contributed by atoms with Crippen LogP contribution in [0.1, 0.15) is 0 Å². The van der Waals surface area contributed by atoms with Gasteiger partial charge in [-0.1, -0.05) is 133 Å². The zero-order chi connectivity index (χ0) is 32.1. The summed E-state index contributed by atoms with van der Waals surface area (Å²) in [7, 11) is 0. The van der Waals surface area contributed by atoms with Crippen molar-refractivity contribution in [3.05, 3.63) is 164 Å². The summed E-state index contributed by atoms with van der Waals surface area (Å²) in [5, 5.41) is 16.7. The van der Waals surface area contributed by atoms with Gasteiger partial charge in [-0.3, -0.25) is 0 Å². The maximum Gasteiger partial charge on any atom is 0.0722 e. The second-order valence-corrected chi connectivity index (χ2v) is 14.1. The Morgan fingerprint density at radius 2 is 0.878 bits per heavy atom. The Hall–Kier alpha value is -6.09. The molecule has 0 N–H and O–H groups in total. The highest BCUT2D eigenvalue weighted by Crippen LogP contribution is 2.48. The van der Waals surface area contributed by atoms with Crippen LogP contribution in [0.25, 0.3) is 107 Å². The normalized spacial score (nSPS) is 12.1. The topological polar surface area (TPSA) is 12.9 Å². The molecule has 226 valence electrons. The monoisotopic (exact) mass is 637 g/mol. The van der Waals surface area contributed by atoms with Gasteiger partial charge in [0.1, 0.15) is 0 Å². The van der Waals surface area contributed by atoms with E-state index in [1.807, 2.05) is 11.3 Å². The molecule has 0 spiro atoms. The summed E-state index contributed by atoms with van der Waals surface area (Å²) in [6, 6.07) is 60.1. The van der Waals surface area contributed by atoms with E-state index in [2.05, 4.69) is 164 Å². The fourth-order valence-corrected chi connectivity index (χ4v) is 9.43. The lowest BCUT2D eigenvalue weighted by molar-refractivity contribution is 1.42. The van der Waals surface area contributed by atoms with E-state index in [1.54, 1.807) is 0 Å². The highest BCUT2D eigenvalue weighted by atomic mass is 32.1. The summed E-state index contributed by atoms with van der Waals surface area (Å²) < 4.78 is 2.64. The molecule has 9 aromatic carbocycles. The standard InChI is InChI=1S/C47H27NS/c1-10-20-40-28(11-1)21-24-41(48-40)45-36-18-8-6-16-34(36)44(35-17-7-9-19-37(35)45)29-22-25-42-39(27-29)47-43(49-42)26-23-38-32-14-3-2-12-30(32)31-13-4-5-15-33(31)46(38)47/h1-27H. The van der Waals surface area contributed by atoms with Crippen molar-refractivity contribution >= 4 is 96.3 Å². The molecule has 2 heteroatoms. The van der Waals surface area contributed by atoms with Crippen LogP contribution in [0.5, 0.6) is 0 Å². The Labute approximate surface area is 286 Å². The lowest BCUT2D eigenvalue weighted by Gasteiger charge is -2.17. The smallest absolute Gasteiger partial charge is 0.0722 e. The van der Waals surface area contributed by atoms with Crippen molar-refractivity contribution in [2.24, 2.45) is 0 Å². The van der Waals surface area contributed by atoms with Crippen LogP contribution < -0.4 is 0 Å². The largest absolute Gasteiger partial charge is 0.248 e. The highest BCUT2D eigenvalue weighted by Gasteiger charge is 2.20. The third-order valence-corrected chi connectivity index (χ3v) is 11.6. The Morgan fingerprint density at radius 1 is 0.347 bits per heavy atom. The second-order valence-electron chi connectivity index (χ2n) is 13.0. The van der Waals surface area contributed by atoms with Crippen molar-refractivity contribution in [3.63, 3.8) is 0 Å². The first kappa shape index (κ1) is 26.9. The first-order valence-electron chi connectivity index (χ1n) is 16.8. The van der Waals surface area contributed by atoms with E-state index >= 15 is 0 Å². The third-order valence-electron chi connectivity index (χ3n) is 10.4. The number of pyridine rings is 1. The van der Waals surface area contributed by atoms with Crippen LogP contribution >= 0.6 is 11.3 Å². The molecular formula is C47H27NS. The van der Waals surface area contributed by atoms with E-state index in [9.17, 15) is 0 Å². The molecule has 0 aliphatic rings. The first-order chi connectivity index (χ1) is 24.3. The fraction of sp³-hybridized carbons (Fsp3) is 0. The number of hydrogen-bond donors (Lipinski definition) is 0. The molecule has 2 aromatic heterocycles. The van der Waals surface area contributed by atoms with Crippen LogP contribution in [-0.4, -0.2) is 4.98 Å². The van der Waals surface area contributed by atoms with Crippen LogP contribution in [0.4, 0.5) is 0 Å². The zero-order valence-electron chi connectivity index (χ0n) is 26.4. The van der Waals surface area contributed by atoms with Crippen LogP contribution in [-0.2, 0) is 0 Å². The molecule has 0 bridgehead atoms. The number of para-hydroxylation sites is 1. The molecule has 11 aromatic rings. The molecule has 0 saturated heterocycles. The van der Waals surface area contributed by atoms with E-state index in [1.165, 1.54) is 90.7 Å². The van der Waals surface area contributed by atoms with Gasteiger partial charge >= 0.3 is 0 Å². The minimum absolute atomic E-state index is 1.00. The van der Waals surface area contributed by atoms with E-state index in [0.29, 0.717) is 0 Å². The Kier molecular flexibility index (Phi) is 5.61. The molecule has 11 rings (SSSR count). The van der Waals surface area contributed by atoms with Crippen LogP contribution in [0.15, 0.2) is 164 Å². The lowest BCUT2D eigenvalue weighted by atomic mass is 9.86. The minimum Gasteiger partial charge on any atom is -0.248 e. The van der Waals surface area contributed by atoms with E-state index in [-0.39, 0.29) is 0 Å². The molecule has 49 heavy (non-hydrogen) atoms. The summed E-state index contributed by atoms with van der Waals surface area (Å²) in [6.07, 6.45) is 0. The number of benzene rings is 9. The Bertz CT molecular complexity index is 3080. The number of thiophene rings is 1. The van der Waals surface area contributed by atoms with Crippen LogP contribution in [0.2, 0.25) is 0 Å². The van der Waals surface area contributed by atoms with Crippen LogP contribution in [0.3, 0.4) is 0 Å². The fourth-order valence-electron chi connectivity index (χ4n) is 8.34. The predicted octanol–water partition coefficient (Wildman–Crippen LogP) is 13.7. The first-order valence-corrected chi connectivity index (χ1v) is 17.6. The molecular weight excluding hydrogens is 611 g/mol. The zero-order valence-corrected chi connectivity index (χ0v) is 27.3. The van der Waals surface area contributed by atoms with Gasteiger partial charge < -0.3 is 0 Å². The van der Waals surface area contributed by atoms with Crippen molar-refractivity contribution in [1.29, 1.82) is 0 Å². The number of aromatic nitrogens is 1. The molecule has 0 atom stereocenters. The lowest BCUT2D eigenvalue weighted by Crippen LogP contribution is -1.92. The summed E-state index contributed by atoms with van der Waals surface area (Å²) in [4.78, 5) is 5.19. The summed E-state index contributed by atoms with van der Waals surface area (Å²) in [5.41, 5.74) is 5.71. The van der Waals surface area contributed by atoms with Gasteiger partial charge in [-0.05, 0) is 95.3 Å². The molecule has 0 radical (unpaired) electrons.